The summed E-state index contributed by atoms with van der Waals surface area (Å²) < 4.78 is 0. The Balaban J connectivity index is 1.30. The molecule has 8 heteroatoms. The SMILES string of the molecule is CC(=O)C1=CN(C2CCCC2)C2NC(Nc3ccc(N4CCNCC4)cn3)=NC=C2C1. The maximum absolute atomic E-state index is 12.1. The largest absolute Gasteiger partial charge is 0.368 e. The maximum Gasteiger partial charge on any atom is 0.203 e. The second-order valence-corrected chi connectivity index (χ2v) is 8.77. The Morgan fingerprint density at radius 1 is 1.19 bits per heavy atom. The quantitative estimate of drug-likeness (QED) is 0.687. The van der Waals surface area contributed by atoms with Gasteiger partial charge in [0.05, 0.1) is 11.9 Å². The molecule has 0 radical (unpaired) electrons. The average Bonchev–Trinajstić information content (AvgIpc) is 3.34. The van der Waals surface area contributed by atoms with Gasteiger partial charge >= 0.3 is 0 Å². The average molecular weight is 422 g/mol. The smallest absolute Gasteiger partial charge is 0.203 e. The summed E-state index contributed by atoms with van der Waals surface area (Å²) in [6, 6.07) is 4.58. The Morgan fingerprint density at radius 3 is 2.71 bits per heavy atom. The lowest BCUT2D eigenvalue weighted by Crippen LogP contribution is -2.55. The Hall–Kier alpha value is -2.87. The summed E-state index contributed by atoms with van der Waals surface area (Å²) in [7, 11) is 0. The Kier molecular flexibility index (Phi) is 5.63. The van der Waals surface area contributed by atoms with Gasteiger partial charge in [-0.25, -0.2) is 9.98 Å². The first-order chi connectivity index (χ1) is 15.2. The molecule has 1 unspecified atom stereocenters. The molecule has 1 aromatic rings. The number of hydrogen-bond donors (Lipinski definition) is 3. The molecule has 3 aliphatic heterocycles. The number of allylic oxidation sites excluding steroid dienone is 1. The lowest BCUT2D eigenvalue weighted by molar-refractivity contribution is -0.113. The number of piperazine rings is 1. The minimum atomic E-state index is 0.0336. The van der Waals surface area contributed by atoms with Gasteiger partial charge in [-0.2, -0.15) is 0 Å². The highest BCUT2D eigenvalue weighted by atomic mass is 16.1. The monoisotopic (exact) mass is 421 g/mol. The third kappa shape index (κ3) is 4.30. The van der Waals surface area contributed by atoms with Gasteiger partial charge in [-0.05, 0) is 37.5 Å². The van der Waals surface area contributed by atoms with Crippen molar-refractivity contribution in [3.05, 3.63) is 41.9 Å². The Morgan fingerprint density at radius 2 is 2.00 bits per heavy atom. The van der Waals surface area contributed by atoms with E-state index in [0.29, 0.717) is 18.4 Å². The fraction of sp³-hybridized carbons (Fsp3) is 0.522. The lowest BCUT2D eigenvalue weighted by Gasteiger charge is -2.42. The van der Waals surface area contributed by atoms with Gasteiger partial charge in [-0.1, -0.05) is 12.8 Å². The first kappa shape index (κ1) is 20.1. The summed E-state index contributed by atoms with van der Waals surface area (Å²) in [5.74, 6) is 1.60. The molecule has 4 heterocycles. The van der Waals surface area contributed by atoms with Crippen molar-refractivity contribution in [2.75, 3.05) is 36.4 Å². The number of carbonyl (C=O) groups excluding carboxylic acids is 1. The van der Waals surface area contributed by atoms with E-state index in [1.54, 1.807) is 6.92 Å². The van der Waals surface area contributed by atoms with Gasteiger partial charge in [0.15, 0.2) is 5.78 Å². The van der Waals surface area contributed by atoms with Gasteiger partial charge in [0.2, 0.25) is 5.96 Å². The third-order valence-electron chi connectivity index (χ3n) is 6.66. The minimum Gasteiger partial charge on any atom is -0.368 e. The molecule has 0 aromatic carbocycles. The van der Waals surface area contributed by atoms with Crippen molar-refractivity contribution in [3.8, 4) is 0 Å². The summed E-state index contributed by atoms with van der Waals surface area (Å²) in [5, 5.41) is 10.3. The number of aromatic nitrogens is 1. The number of fused-ring (bicyclic) bond motifs is 1. The highest BCUT2D eigenvalue weighted by Crippen LogP contribution is 2.33. The first-order valence-corrected chi connectivity index (χ1v) is 11.4. The standard InChI is InChI=1S/C23H31N7O/c1-16(31)18-12-17-13-26-23(28-22(17)30(15-18)19-4-2-3-5-19)27-21-7-6-20(14-25-21)29-10-8-24-9-11-29/h6-7,13-15,19,22,24H,2-5,8-12H2,1H3,(H2,25,26,27,28). The van der Waals surface area contributed by atoms with Gasteiger partial charge in [0, 0.05) is 56.6 Å². The van der Waals surface area contributed by atoms with Crippen LogP contribution in [0.1, 0.15) is 39.0 Å². The molecule has 1 atom stereocenters. The maximum atomic E-state index is 12.1. The zero-order valence-corrected chi connectivity index (χ0v) is 18.1. The van der Waals surface area contributed by atoms with Crippen molar-refractivity contribution in [1.82, 2.24) is 20.5 Å². The van der Waals surface area contributed by atoms with Crippen molar-refractivity contribution in [1.29, 1.82) is 0 Å². The molecule has 0 spiro atoms. The van der Waals surface area contributed by atoms with E-state index in [-0.39, 0.29) is 11.9 Å². The predicted molar refractivity (Wildman–Crippen MR) is 123 cm³/mol. The van der Waals surface area contributed by atoms with Crippen molar-refractivity contribution < 1.29 is 4.79 Å². The Bertz CT molecular complexity index is 908. The second kappa shape index (κ2) is 8.70. The molecule has 3 N–H and O–H groups in total. The fourth-order valence-electron chi connectivity index (χ4n) is 4.90. The van der Waals surface area contributed by atoms with Crippen molar-refractivity contribution >= 4 is 23.2 Å². The normalized spacial score (nSPS) is 24.0. The number of nitrogens with one attached hydrogen (secondary N) is 3. The molecule has 4 aliphatic rings. The van der Waals surface area contributed by atoms with Crippen LogP contribution in [0.25, 0.3) is 0 Å². The van der Waals surface area contributed by atoms with Crippen LogP contribution in [0.15, 0.2) is 46.9 Å². The highest BCUT2D eigenvalue weighted by molar-refractivity contribution is 5.96. The van der Waals surface area contributed by atoms with E-state index in [0.717, 1.165) is 48.8 Å². The van der Waals surface area contributed by atoms with E-state index in [2.05, 4.69) is 48.0 Å². The van der Waals surface area contributed by atoms with Gasteiger partial charge in [-0.3, -0.25) is 4.79 Å². The molecule has 1 aromatic heterocycles. The van der Waals surface area contributed by atoms with Crippen LogP contribution in [-0.4, -0.2) is 60.0 Å². The summed E-state index contributed by atoms with van der Waals surface area (Å²) >= 11 is 0. The zero-order valence-electron chi connectivity index (χ0n) is 18.1. The summed E-state index contributed by atoms with van der Waals surface area (Å²) in [5.41, 5.74) is 3.16. The van der Waals surface area contributed by atoms with Crippen LogP contribution in [0, 0.1) is 0 Å². The first-order valence-electron chi connectivity index (χ1n) is 11.4. The molecule has 31 heavy (non-hydrogen) atoms. The topological polar surface area (TPSA) is 84.9 Å². The molecule has 2 fully saturated rings. The van der Waals surface area contributed by atoms with Gasteiger partial charge in [0.25, 0.3) is 0 Å². The van der Waals surface area contributed by atoms with E-state index in [1.165, 1.54) is 25.7 Å². The summed E-state index contributed by atoms with van der Waals surface area (Å²) in [6.07, 6.45) is 11.4. The van der Waals surface area contributed by atoms with Crippen LogP contribution in [0.5, 0.6) is 0 Å². The molecular formula is C23H31N7O. The van der Waals surface area contributed by atoms with Crippen LogP contribution < -0.4 is 20.9 Å². The van der Waals surface area contributed by atoms with E-state index >= 15 is 0 Å². The molecule has 0 amide bonds. The molecule has 1 aliphatic carbocycles. The molecule has 5 rings (SSSR count). The molecule has 0 bridgehead atoms. The van der Waals surface area contributed by atoms with Gasteiger partial charge in [0.1, 0.15) is 12.0 Å². The zero-order chi connectivity index (χ0) is 21.2. The van der Waals surface area contributed by atoms with Crippen molar-refractivity contribution in [3.63, 3.8) is 0 Å². The number of Topliss-reactive ketones (excluding diaryl/α,β-unsaturated/α-hetero) is 1. The summed E-state index contributed by atoms with van der Waals surface area (Å²) in [6.45, 7) is 5.68. The van der Waals surface area contributed by atoms with E-state index in [4.69, 9.17) is 0 Å². The number of rotatable bonds is 4. The van der Waals surface area contributed by atoms with Crippen molar-refractivity contribution in [2.45, 2.75) is 51.2 Å². The number of nitrogens with zero attached hydrogens (tertiary/aromatic N) is 4. The molecule has 8 nitrogen and oxygen atoms in total. The number of guanidine groups is 1. The van der Waals surface area contributed by atoms with Crippen molar-refractivity contribution in [2.24, 2.45) is 4.99 Å². The lowest BCUT2D eigenvalue weighted by atomic mass is 9.95. The number of pyridine rings is 1. The second-order valence-electron chi connectivity index (χ2n) is 8.77. The number of carbonyl (C=O) groups is 1. The highest BCUT2D eigenvalue weighted by Gasteiger charge is 2.35. The van der Waals surface area contributed by atoms with E-state index in [9.17, 15) is 4.79 Å². The van der Waals surface area contributed by atoms with Gasteiger partial charge in [-0.15, -0.1) is 0 Å². The number of anilines is 2. The van der Waals surface area contributed by atoms with Crippen LogP contribution in [0.2, 0.25) is 0 Å². The van der Waals surface area contributed by atoms with Crippen LogP contribution in [-0.2, 0) is 4.79 Å². The van der Waals surface area contributed by atoms with Crippen LogP contribution in [0.4, 0.5) is 11.5 Å². The molecular weight excluding hydrogens is 390 g/mol. The van der Waals surface area contributed by atoms with E-state index in [1.807, 2.05) is 18.5 Å². The fourth-order valence-corrected chi connectivity index (χ4v) is 4.90. The summed E-state index contributed by atoms with van der Waals surface area (Å²) in [4.78, 5) is 25.9. The van der Waals surface area contributed by atoms with E-state index < -0.39 is 0 Å². The van der Waals surface area contributed by atoms with Gasteiger partial charge < -0.3 is 25.8 Å². The number of hydrogen-bond acceptors (Lipinski definition) is 8. The van der Waals surface area contributed by atoms with Crippen LogP contribution >= 0.6 is 0 Å². The Labute approximate surface area is 183 Å². The number of ketones is 1. The predicted octanol–water partition coefficient (Wildman–Crippen LogP) is 2.19. The third-order valence-corrected chi connectivity index (χ3v) is 6.66. The minimum absolute atomic E-state index is 0.0336. The number of aliphatic imine (C=N–C) groups is 1. The molecule has 1 saturated carbocycles. The molecule has 164 valence electrons. The molecule has 1 saturated heterocycles. The van der Waals surface area contributed by atoms with Crippen LogP contribution in [0.3, 0.4) is 0 Å².